The second kappa shape index (κ2) is 6.34. The van der Waals surface area contributed by atoms with Crippen LogP contribution in [0.5, 0.6) is 0 Å². The minimum Gasteiger partial charge on any atom is -0.0877 e. The summed E-state index contributed by atoms with van der Waals surface area (Å²) in [4.78, 5) is 0. The van der Waals surface area contributed by atoms with Crippen LogP contribution in [0.4, 0.5) is 0 Å². The Kier molecular flexibility index (Phi) is 5.85. The summed E-state index contributed by atoms with van der Waals surface area (Å²) < 4.78 is 0. The molecule has 0 rings (SSSR count). The highest BCUT2D eigenvalue weighted by Gasteiger charge is 1.81. The Morgan fingerprint density at radius 2 is 1.90 bits per heavy atom. The molecule has 0 aliphatic carbocycles. The van der Waals surface area contributed by atoms with Gasteiger partial charge in [0, 0.05) is 0 Å². The van der Waals surface area contributed by atoms with E-state index < -0.39 is 0 Å². The molecule has 0 heterocycles. The second-order valence-corrected chi connectivity index (χ2v) is 2.12. The Balaban J connectivity index is 4.04. The van der Waals surface area contributed by atoms with Gasteiger partial charge in [-0.3, -0.25) is 0 Å². The zero-order valence-electron chi connectivity index (χ0n) is 7.09. The van der Waals surface area contributed by atoms with E-state index in [4.69, 9.17) is 0 Å². The fourth-order valence-corrected chi connectivity index (χ4v) is 0.725. The van der Waals surface area contributed by atoms with Gasteiger partial charge in [-0.1, -0.05) is 37.3 Å². The van der Waals surface area contributed by atoms with Crippen LogP contribution < -0.4 is 0 Å². The lowest BCUT2D eigenvalue weighted by atomic mass is 10.2. The van der Waals surface area contributed by atoms with E-state index in [1.54, 1.807) is 0 Å². The van der Waals surface area contributed by atoms with Gasteiger partial charge in [0.2, 0.25) is 0 Å². The molecule has 0 heteroatoms. The molecule has 0 amide bonds. The van der Waals surface area contributed by atoms with E-state index in [9.17, 15) is 0 Å². The summed E-state index contributed by atoms with van der Waals surface area (Å²) in [6.45, 7) is 6.23. The van der Waals surface area contributed by atoms with Gasteiger partial charge in [0.05, 0.1) is 0 Å². The first-order valence-corrected chi connectivity index (χ1v) is 3.79. The summed E-state index contributed by atoms with van der Waals surface area (Å²) in [5.41, 5.74) is 1.38. The highest BCUT2D eigenvalue weighted by atomic mass is 13.9. The average molecular weight is 136 g/mol. The lowest BCUT2D eigenvalue weighted by Gasteiger charge is -1.91. The summed E-state index contributed by atoms with van der Waals surface area (Å²) in [7, 11) is 0. The molecule has 0 saturated heterocycles. The molecular formula is C10H16. The summed E-state index contributed by atoms with van der Waals surface area (Å²) >= 11 is 0. The van der Waals surface area contributed by atoms with Crippen molar-refractivity contribution < 1.29 is 0 Å². The van der Waals surface area contributed by atoms with Crippen molar-refractivity contribution >= 4 is 0 Å². The molecule has 0 spiro atoms. The molecule has 0 unspecified atom stereocenters. The zero-order chi connectivity index (χ0) is 7.82. The molecule has 0 aromatic heterocycles. The molecule has 0 N–H and O–H groups in total. The maximum Gasteiger partial charge on any atom is -0.0308 e. The molecule has 0 aliphatic rings. The van der Waals surface area contributed by atoms with Gasteiger partial charge in [-0.25, -0.2) is 0 Å². The zero-order valence-corrected chi connectivity index (χ0v) is 7.09. The quantitative estimate of drug-likeness (QED) is 0.521. The second-order valence-electron chi connectivity index (χ2n) is 2.12. The summed E-state index contributed by atoms with van der Waals surface area (Å²) in [6, 6.07) is 0. The van der Waals surface area contributed by atoms with Crippen LogP contribution >= 0.6 is 0 Å². The number of rotatable bonds is 3. The van der Waals surface area contributed by atoms with Gasteiger partial charge < -0.3 is 0 Å². The van der Waals surface area contributed by atoms with Crippen LogP contribution in [0.3, 0.4) is 0 Å². The van der Waals surface area contributed by atoms with Crippen molar-refractivity contribution in [2.75, 3.05) is 0 Å². The molecule has 56 valence electrons. The minimum absolute atomic E-state index is 1.11. The Morgan fingerprint density at radius 3 is 2.30 bits per heavy atom. The predicted molar refractivity (Wildman–Crippen MR) is 48.0 cm³/mol. The van der Waals surface area contributed by atoms with E-state index in [0.29, 0.717) is 0 Å². The van der Waals surface area contributed by atoms with Gasteiger partial charge in [-0.2, -0.15) is 0 Å². The highest BCUT2D eigenvalue weighted by molar-refractivity contribution is 5.22. The number of hydrogen-bond donors (Lipinski definition) is 0. The monoisotopic (exact) mass is 136 g/mol. The van der Waals surface area contributed by atoms with Gasteiger partial charge in [0.15, 0.2) is 0 Å². The molecule has 0 aliphatic heterocycles. The molecule has 10 heavy (non-hydrogen) atoms. The third kappa shape index (κ3) is 4.13. The van der Waals surface area contributed by atoms with E-state index >= 15 is 0 Å². The summed E-state index contributed by atoms with van der Waals surface area (Å²) in [5, 5.41) is 0. The maximum atomic E-state index is 2.16. The molecule has 0 aromatic carbocycles. The van der Waals surface area contributed by atoms with Gasteiger partial charge in [-0.15, -0.1) is 0 Å². The van der Waals surface area contributed by atoms with Gasteiger partial charge >= 0.3 is 0 Å². The van der Waals surface area contributed by atoms with Crippen LogP contribution in [0, 0.1) is 0 Å². The van der Waals surface area contributed by atoms with Crippen LogP contribution in [0.1, 0.15) is 27.2 Å². The van der Waals surface area contributed by atoms with Crippen LogP contribution in [-0.2, 0) is 0 Å². The van der Waals surface area contributed by atoms with Crippen molar-refractivity contribution in [3.8, 4) is 0 Å². The van der Waals surface area contributed by atoms with Crippen molar-refractivity contribution in [1.82, 2.24) is 0 Å². The first-order valence-electron chi connectivity index (χ1n) is 3.79. The highest BCUT2D eigenvalue weighted by Crippen LogP contribution is 2.01. The van der Waals surface area contributed by atoms with Gasteiger partial charge in [0.25, 0.3) is 0 Å². The van der Waals surface area contributed by atoms with Crippen LogP contribution in [0.15, 0.2) is 36.0 Å². The van der Waals surface area contributed by atoms with Crippen LogP contribution in [0.2, 0.25) is 0 Å². The molecule has 0 atom stereocenters. The third-order valence-electron chi connectivity index (χ3n) is 1.29. The maximum absolute atomic E-state index is 2.16. The van der Waals surface area contributed by atoms with Crippen molar-refractivity contribution in [2.24, 2.45) is 0 Å². The standard InChI is InChI=1S/C10H16/c1-4-7-9-10(6-3)8-5-2/h4-5,7-9H,6H2,1-3H3/b7-4+,8-5+,10-9+. The van der Waals surface area contributed by atoms with Gasteiger partial charge in [0.1, 0.15) is 0 Å². The predicted octanol–water partition coefficient (Wildman–Crippen LogP) is 3.48. The Morgan fingerprint density at radius 1 is 1.20 bits per heavy atom. The molecule has 0 radical (unpaired) electrons. The van der Waals surface area contributed by atoms with Crippen molar-refractivity contribution in [1.29, 1.82) is 0 Å². The molecule has 0 saturated carbocycles. The fourth-order valence-electron chi connectivity index (χ4n) is 0.725. The number of allylic oxidation sites excluding steroid dienone is 6. The Bertz CT molecular complexity index is 147. The van der Waals surface area contributed by atoms with E-state index in [1.165, 1.54) is 5.57 Å². The smallest absolute Gasteiger partial charge is 0.0308 e. The molecule has 0 fully saturated rings. The lowest BCUT2D eigenvalue weighted by molar-refractivity contribution is 1.15. The lowest BCUT2D eigenvalue weighted by Crippen LogP contribution is -1.70. The Hall–Kier alpha value is -0.780. The molecular weight excluding hydrogens is 120 g/mol. The van der Waals surface area contributed by atoms with E-state index in [2.05, 4.69) is 31.2 Å². The van der Waals surface area contributed by atoms with Crippen LogP contribution in [0.25, 0.3) is 0 Å². The van der Waals surface area contributed by atoms with E-state index in [-0.39, 0.29) is 0 Å². The minimum atomic E-state index is 1.11. The molecule has 0 aromatic rings. The van der Waals surface area contributed by atoms with E-state index in [1.807, 2.05) is 19.9 Å². The normalized spacial score (nSPS) is 13.7. The Labute approximate surface area is 64.0 Å². The van der Waals surface area contributed by atoms with Crippen molar-refractivity contribution in [3.05, 3.63) is 36.0 Å². The number of hydrogen-bond acceptors (Lipinski definition) is 0. The SMILES string of the molecule is C/C=C/C=C(/C=C/C)CC. The average Bonchev–Trinajstić information content (AvgIpc) is 1.98. The fraction of sp³-hybridized carbons (Fsp3) is 0.400. The summed E-state index contributed by atoms with van der Waals surface area (Å²) in [6.07, 6.45) is 11.6. The van der Waals surface area contributed by atoms with Crippen LogP contribution in [-0.4, -0.2) is 0 Å². The van der Waals surface area contributed by atoms with Crippen molar-refractivity contribution in [2.45, 2.75) is 27.2 Å². The molecule has 0 bridgehead atoms. The summed E-state index contributed by atoms with van der Waals surface area (Å²) in [5.74, 6) is 0. The third-order valence-corrected chi connectivity index (χ3v) is 1.29. The van der Waals surface area contributed by atoms with Gasteiger partial charge in [-0.05, 0) is 25.8 Å². The van der Waals surface area contributed by atoms with E-state index in [0.717, 1.165) is 6.42 Å². The first kappa shape index (κ1) is 9.22. The topological polar surface area (TPSA) is 0 Å². The largest absolute Gasteiger partial charge is 0.0877 e. The first-order chi connectivity index (χ1) is 4.85. The van der Waals surface area contributed by atoms with Crippen molar-refractivity contribution in [3.63, 3.8) is 0 Å². The molecule has 0 nitrogen and oxygen atoms in total.